The van der Waals surface area contributed by atoms with Gasteiger partial charge >= 0.3 is 0 Å². The topological polar surface area (TPSA) is 18.5 Å². The average molecular weight is 169 g/mol. The zero-order valence-electron chi connectivity index (χ0n) is 7.92. The van der Waals surface area contributed by atoms with E-state index in [-0.39, 0.29) is 0 Å². The third-order valence-corrected chi connectivity index (χ3v) is 3.14. The van der Waals surface area contributed by atoms with Crippen molar-refractivity contribution >= 4 is 0 Å². The first-order valence-corrected chi connectivity index (χ1v) is 5.06. The van der Waals surface area contributed by atoms with E-state index >= 15 is 0 Å². The monoisotopic (exact) mass is 169 g/mol. The lowest BCUT2D eigenvalue weighted by molar-refractivity contribution is -0.0682. The van der Waals surface area contributed by atoms with Gasteiger partial charge in [-0.2, -0.15) is 0 Å². The van der Waals surface area contributed by atoms with Gasteiger partial charge in [0.15, 0.2) is 0 Å². The van der Waals surface area contributed by atoms with Gasteiger partial charge in [0.25, 0.3) is 0 Å². The molecule has 1 heterocycles. The van der Waals surface area contributed by atoms with Crippen molar-refractivity contribution in [2.45, 2.75) is 25.3 Å². The van der Waals surface area contributed by atoms with Gasteiger partial charge in [0, 0.05) is 39.3 Å². The molecular formula is C9H19N3. The summed E-state index contributed by atoms with van der Waals surface area (Å²) in [6.07, 6.45) is 4.24. The molecule has 0 unspecified atom stereocenters. The summed E-state index contributed by atoms with van der Waals surface area (Å²) >= 11 is 0. The second-order valence-corrected chi connectivity index (χ2v) is 3.86. The molecule has 1 aliphatic carbocycles. The lowest BCUT2D eigenvalue weighted by Crippen LogP contribution is -2.55. The second-order valence-electron chi connectivity index (χ2n) is 3.86. The van der Waals surface area contributed by atoms with E-state index in [1.54, 1.807) is 0 Å². The van der Waals surface area contributed by atoms with Crippen LogP contribution in [0.1, 0.15) is 19.3 Å². The Hall–Kier alpha value is -0.120. The van der Waals surface area contributed by atoms with Crippen LogP contribution in [-0.4, -0.2) is 49.3 Å². The van der Waals surface area contributed by atoms with Crippen molar-refractivity contribution in [3.05, 3.63) is 0 Å². The first-order chi connectivity index (χ1) is 5.88. The number of hydrazine groups is 1. The highest BCUT2D eigenvalue weighted by Crippen LogP contribution is 2.24. The third kappa shape index (κ3) is 1.63. The highest BCUT2D eigenvalue weighted by atomic mass is 15.6. The maximum absolute atomic E-state index is 3.38. The Labute approximate surface area is 74.7 Å². The zero-order chi connectivity index (χ0) is 8.39. The smallest absolute Gasteiger partial charge is 0.0259 e. The molecule has 1 N–H and O–H groups in total. The van der Waals surface area contributed by atoms with E-state index in [1.807, 2.05) is 0 Å². The van der Waals surface area contributed by atoms with Crippen molar-refractivity contribution in [1.29, 1.82) is 0 Å². The average Bonchev–Trinajstić information content (AvgIpc) is 2.03. The van der Waals surface area contributed by atoms with Gasteiger partial charge in [-0.05, 0) is 12.8 Å². The molecule has 12 heavy (non-hydrogen) atoms. The number of nitrogens with zero attached hydrogens (tertiary/aromatic N) is 2. The van der Waals surface area contributed by atoms with Gasteiger partial charge in [0.05, 0.1) is 0 Å². The molecule has 1 saturated carbocycles. The van der Waals surface area contributed by atoms with Crippen LogP contribution in [0.15, 0.2) is 0 Å². The molecule has 2 fully saturated rings. The molecule has 0 atom stereocenters. The molecule has 0 aromatic heterocycles. The van der Waals surface area contributed by atoms with E-state index < -0.39 is 0 Å². The Morgan fingerprint density at radius 2 is 1.92 bits per heavy atom. The van der Waals surface area contributed by atoms with E-state index in [1.165, 1.54) is 32.4 Å². The molecule has 3 heteroatoms. The first-order valence-electron chi connectivity index (χ1n) is 5.06. The van der Waals surface area contributed by atoms with Crippen LogP contribution >= 0.6 is 0 Å². The Kier molecular flexibility index (Phi) is 2.63. The standard InChI is InChI=1S/C9H19N3/c1-11(9-3-2-4-9)12-7-5-10-6-8-12/h9-10H,2-8H2,1H3. The molecule has 2 aliphatic rings. The molecule has 0 radical (unpaired) electrons. The van der Waals surface area contributed by atoms with Crippen LogP contribution in [0.2, 0.25) is 0 Å². The van der Waals surface area contributed by atoms with Gasteiger partial charge in [-0.25, -0.2) is 10.0 Å². The Balaban J connectivity index is 1.80. The summed E-state index contributed by atoms with van der Waals surface area (Å²) in [5.74, 6) is 0. The number of nitrogens with one attached hydrogen (secondary N) is 1. The second kappa shape index (κ2) is 3.73. The highest BCUT2D eigenvalue weighted by molar-refractivity contribution is 4.78. The van der Waals surface area contributed by atoms with E-state index in [2.05, 4.69) is 22.4 Å². The molecule has 2 rings (SSSR count). The minimum absolute atomic E-state index is 0.850. The summed E-state index contributed by atoms with van der Waals surface area (Å²) in [5.41, 5.74) is 0. The summed E-state index contributed by atoms with van der Waals surface area (Å²) in [4.78, 5) is 0. The van der Waals surface area contributed by atoms with E-state index in [0.29, 0.717) is 0 Å². The predicted octanol–water partition coefficient (Wildman–Crippen LogP) is 0.291. The molecule has 0 amide bonds. The number of rotatable bonds is 2. The van der Waals surface area contributed by atoms with Crippen molar-refractivity contribution < 1.29 is 0 Å². The van der Waals surface area contributed by atoms with Crippen molar-refractivity contribution in [2.75, 3.05) is 33.2 Å². The normalized spacial score (nSPS) is 27.5. The van der Waals surface area contributed by atoms with Crippen molar-refractivity contribution in [3.63, 3.8) is 0 Å². The molecule has 1 saturated heterocycles. The van der Waals surface area contributed by atoms with Crippen molar-refractivity contribution in [3.8, 4) is 0 Å². The lowest BCUT2D eigenvalue weighted by Gasteiger charge is -2.43. The van der Waals surface area contributed by atoms with Gasteiger partial charge in [0.2, 0.25) is 0 Å². The lowest BCUT2D eigenvalue weighted by atomic mass is 9.93. The maximum atomic E-state index is 3.38. The first kappa shape index (κ1) is 8.48. The highest BCUT2D eigenvalue weighted by Gasteiger charge is 2.26. The molecule has 0 aromatic carbocycles. The van der Waals surface area contributed by atoms with Crippen LogP contribution in [0.5, 0.6) is 0 Å². The number of piperazine rings is 1. The fourth-order valence-electron chi connectivity index (χ4n) is 1.96. The fraction of sp³-hybridized carbons (Fsp3) is 1.00. The van der Waals surface area contributed by atoms with Gasteiger partial charge in [-0.1, -0.05) is 6.42 Å². The van der Waals surface area contributed by atoms with Crippen LogP contribution in [0.4, 0.5) is 0 Å². The van der Waals surface area contributed by atoms with Crippen molar-refractivity contribution in [1.82, 2.24) is 15.3 Å². The summed E-state index contributed by atoms with van der Waals surface area (Å²) in [6, 6.07) is 0.850. The van der Waals surface area contributed by atoms with Gasteiger partial charge < -0.3 is 5.32 Å². The largest absolute Gasteiger partial charge is 0.314 e. The van der Waals surface area contributed by atoms with Gasteiger partial charge in [-0.3, -0.25) is 0 Å². The summed E-state index contributed by atoms with van der Waals surface area (Å²) in [6.45, 7) is 4.67. The summed E-state index contributed by atoms with van der Waals surface area (Å²) in [5, 5.41) is 8.33. The van der Waals surface area contributed by atoms with Crippen LogP contribution < -0.4 is 5.32 Å². The van der Waals surface area contributed by atoms with E-state index in [0.717, 1.165) is 19.1 Å². The minimum atomic E-state index is 0.850. The minimum Gasteiger partial charge on any atom is -0.314 e. The molecule has 0 aromatic rings. The molecule has 70 valence electrons. The Morgan fingerprint density at radius 3 is 2.42 bits per heavy atom. The molecule has 3 nitrogen and oxygen atoms in total. The predicted molar refractivity (Wildman–Crippen MR) is 49.8 cm³/mol. The molecule has 0 bridgehead atoms. The zero-order valence-corrected chi connectivity index (χ0v) is 7.92. The van der Waals surface area contributed by atoms with E-state index in [9.17, 15) is 0 Å². The fourth-order valence-corrected chi connectivity index (χ4v) is 1.96. The Morgan fingerprint density at radius 1 is 1.25 bits per heavy atom. The summed E-state index contributed by atoms with van der Waals surface area (Å²) < 4.78 is 0. The number of hydrogen-bond acceptors (Lipinski definition) is 3. The quantitative estimate of drug-likeness (QED) is 0.641. The van der Waals surface area contributed by atoms with Crippen LogP contribution in [0.25, 0.3) is 0 Å². The summed E-state index contributed by atoms with van der Waals surface area (Å²) in [7, 11) is 2.25. The van der Waals surface area contributed by atoms with E-state index in [4.69, 9.17) is 0 Å². The SMILES string of the molecule is CN(C1CCC1)N1CCNCC1. The van der Waals surface area contributed by atoms with Gasteiger partial charge in [-0.15, -0.1) is 0 Å². The Bertz CT molecular complexity index is 139. The number of hydrogen-bond donors (Lipinski definition) is 1. The van der Waals surface area contributed by atoms with Gasteiger partial charge in [0.1, 0.15) is 0 Å². The molecule has 0 spiro atoms. The van der Waals surface area contributed by atoms with Crippen LogP contribution in [0.3, 0.4) is 0 Å². The molecule has 1 aliphatic heterocycles. The van der Waals surface area contributed by atoms with Crippen LogP contribution in [-0.2, 0) is 0 Å². The van der Waals surface area contributed by atoms with Crippen molar-refractivity contribution in [2.24, 2.45) is 0 Å². The van der Waals surface area contributed by atoms with Crippen LogP contribution in [0, 0.1) is 0 Å². The molecular weight excluding hydrogens is 150 g/mol. The maximum Gasteiger partial charge on any atom is 0.0259 e. The third-order valence-electron chi connectivity index (χ3n) is 3.14.